The van der Waals surface area contributed by atoms with E-state index in [0.29, 0.717) is 18.2 Å². The fraction of sp³-hybridized carbons (Fsp3) is 0.571. The zero-order valence-electron chi connectivity index (χ0n) is 7.15. The number of alkyl halides is 3. The van der Waals surface area contributed by atoms with Crippen LogP contribution >= 0.6 is 0 Å². The molecule has 2 heterocycles. The number of rotatable bonds is 1. The standard InChI is InChI=1S/C7H9F3N4/c8-7(9,10)1-5-11-2-4-6(14-5)13-3-12-4/h2,5,11-12H,1,3H2,(H,13,14). The average molecular weight is 206 g/mol. The van der Waals surface area contributed by atoms with E-state index in [1.54, 1.807) is 0 Å². The van der Waals surface area contributed by atoms with E-state index in [1.807, 2.05) is 0 Å². The molecule has 0 aromatic rings. The molecular weight excluding hydrogens is 197 g/mol. The molecule has 78 valence electrons. The lowest BCUT2D eigenvalue weighted by Gasteiger charge is -2.25. The summed E-state index contributed by atoms with van der Waals surface area (Å²) in [5.74, 6) is 0.498. The molecule has 7 heteroatoms. The van der Waals surface area contributed by atoms with Crippen LogP contribution in [0.15, 0.2) is 16.9 Å². The van der Waals surface area contributed by atoms with Gasteiger partial charge in [-0.1, -0.05) is 0 Å². The van der Waals surface area contributed by atoms with Gasteiger partial charge in [0.25, 0.3) is 0 Å². The van der Waals surface area contributed by atoms with E-state index in [0.717, 1.165) is 0 Å². The third kappa shape index (κ3) is 1.91. The van der Waals surface area contributed by atoms with Crippen molar-refractivity contribution in [1.82, 2.24) is 16.0 Å². The maximum atomic E-state index is 12.0. The van der Waals surface area contributed by atoms with Crippen molar-refractivity contribution in [2.24, 2.45) is 4.99 Å². The van der Waals surface area contributed by atoms with Crippen LogP contribution in [0.1, 0.15) is 6.42 Å². The Morgan fingerprint density at radius 3 is 3.00 bits per heavy atom. The fourth-order valence-corrected chi connectivity index (χ4v) is 1.35. The number of fused-ring (bicyclic) bond motifs is 1. The normalized spacial score (nSPS) is 25.2. The summed E-state index contributed by atoms with van der Waals surface area (Å²) in [6, 6.07) is 0. The number of halogens is 3. The van der Waals surface area contributed by atoms with Gasteiger partial charge in [0.15, 0.2) is 0 Å². The minimum absolute atomic E-state index is 0.411. The maximum absolute atomic E-state index is 12.0. The number of nitrogens with one attached hydrogen (secondary N) is 3. The molecule has 0 bridgehead atoms. The molecule has 0 saturated carbocycles. The number of nitrogens with zero attached hydrogens (tertiary/aromatic N) is 1. The third-order valence-corrected chi connectivity index (χ3v) is 1.94. The number of hydrogen-bond acceptors (Lipinski definition) is 4. The van der Waals surface area contributed by atoms with Crippen molar-refractivity contribution in [3.63, 3.8) is 0 Å². The van der Waals surface area contributed by atoms with Crippen molar-refractivity contribution in [3.8, 4) is 0 Å². The monoisotopic (exact) mass is 206 g/mol. The van der Waals surface area contributed by atoms with Crippen LogP contribution in [-0.2, 0) is 0 Å². The third-order valence-electron chi connectivity index (χ3n) is 1.94. The zero-order valence-corrected chi connectivity index (χ0v) is 7.15. The Morgan fingerprint density at radius 2 is 2.29 bits per heavy atom. The second-order valence-corrected chi connectivity index (χ2v) is 3.08. The summed E-state index contributed by atoms with van der Waals surface area (Å²) >= 11 is 0. The van der Waals surface area contributed by atoms with Crippen molar-refractivity contribution < 1.29 is 13.2 Å². The number of amidine groups is 1. The van der Waals surface area contributed by atoms with Crippen LogP contribution in [0.3, 0.4) is 0 Å². The summed E-state index contributed by atoms with van der Waals surface area (Å²) in [6.07, 6.45) is -4.41. The molecule has 0 radical (unpaired) electrons. The van der Waals surface area contributed by atoms with Crippen LogP contribution < -0.4 is 16.0 Å². The molecule has 0 aromatic heterocycles. The molecule has 0 aliphatic carbocycles. The first-order valence-corrected chi connectivity index (χ1v) is 4.13. The molecule has 2 rings (SSSR count). The van der Waals surface area contributed by atoms with Crippen molar-refractivity contribution in [2.75, 3.05) is 6.67 Å². The average Bonchev–Trinajstić information content (AvgIpc) is 2.47. The summed E-state index contributed by atoms with van der Waals surface area (Å²) in [6.45, 7) is 0.411. The Morgan fingerprint density at radius 1 is 1.50 bits per heavy atom. The first-order valence-electron chi connectivity index (χ1n) is 4.13. The summed E-state index contributed by atoms with van der Waals surface area (Å²) in [5, 5.41) is 8.16. The molecule has 1 unspecified atom stereocenters. The van der Waals surface area contributed by atoms with Gasteiger partial charge < -0.3 is 16.0 Å². The van der Waals surface area contributed by atoms with Gasteiger partial charge in [0.2, 0.25) is 0 Å². The Bertz CT molecular complexity index is 294. The lowest BCUT2D eigenvalue weighted by Crippen LogP contribution is -2.50. The fourth-order valence-electron chi connectivity index (χ4n) is 1.35. The first kappa shape index (κ1) is 9.17. The Kier molecular flexibility index (Phi) is 2.01. The smallest absolute Gasteiger partial charge is 0.369 e. The summed E-state index contributed by atoms with van der Waals surface area (Å²) in [7, 11) is 0. The molecular formula is C7H9F3N4. The van der Waals surface area contributed by atoms with E-state index in [2.05, 4.69) is 20.9 Å². The molecule has 0 aromatic carbocycles. The van der Waals surface area contributed by atoms with Gasteiger partial charge in [-0.3, -0.25) is 0 Å². The molecule has 1 atom stereocenters. The van der Waals surface area contributed by atoms with E-state index in [-0.39, 0.29) is 0 Å². The molecule has 14 heavy (non-hydrogen) atoms. The minimum atomic E-state index is -4.18. The highest BCUT2D eigenvalue weighted by molar-refractivity contribution is 5.99. The molecule has 0 saturated heterocycles. The quantitative estimate of drug-likeness (QED) is 0.576. The molecule has 2 aliphatic rings. The van der Waals surface area contributed by atoms with Gasteiger partial charge in [-0.15, -0.1) is 0 Å². The lowest BCUT2D eigenvalue weighted by molar-refractivity contribution is -0.140. The molecule has 0 amide bonds. The van der Waals surface area contributed by atoms with Gasteiger partial charge in [0.05, 0.1) is 12.1 Å². The summed E-state index contributed by atoms with van der Waals surface area (Å²) < 4.78 is 36.1. The van der Waals surface area contributed by atoms with Crippen LogP contribution in [0.2, 0.25) is 0 Å². The number of hydrogen-bond donors (Lipinski definition) is 3. The van der Waals surface area contributed by atoms with Gasteiger partial charge in [0, 0.05) is 6.20 Å². The highest BCUT2D eigenvalue weighted by Crippen LogP contribution is 2.21. The second-order valence-electron chi connectivity index (χ2n) is 3.08. The summed E-state index contributed by atoms with van der Waals surface area (Å²) in [4.78, 5) is 3.96. The van der Waals surface area contributed by atoms with Gasteiger partial charge in [0.1, 0.15) is 18.7 Å². The van der Waals surface area contributed by atoms with Gasteiger partial charge >= 0.3 is 6.18 Å². The highest BCUT2D eigenvalue weighted by atomic mass is 19.4. The van der Waals surface area contributed by atoms with Gasteiger partial charge in [-0.25, -0.2) is 4.99 Å². The highest BCUT2D eigenvalue weighted by Gasteiger charge is 2.34. The van der Waals surface area contributed by atoms with Crippen molar-refractivity contribution in [3.05, 3.63) is 11.9 Å². The predicted molar refractivity (Wildman–Crippen MR) is 44.3 cm³/mol. The molecule has 0 spiro atoms. The Labute approximate surface area is 78.3 Å². The van der Waals surface area contributed by atoms with Crippen molar-refractivity contribution in [2.45, 2.75) is 18.8 Å². The number of aliphatic imine (C=N–C) groups is 1. The van der Waals surface area contributed by atoms with Crippen LogP contribution in [0.5, 0.6) is 0 Å². The molecule has 2 aliphatic heterocycles. The van der Waals surface area contributed by atoms with Crippen LogP contribution in [0, 0.1) is 0 Å². The van der Waals surface area contributed by atoms with Crippen molar-refractivity contribution in [1.29, 1.82) is 0 Å². The summed E-state index contributed by atoms with van der Waals surface area (Å²) in [5.41, 5.74) is 0.712. The van der Waals surface area contributed by atoms with Gasteiger partial charge in [-0.05, 0) is 0 Å². The second kappa shape index (κ2) is 3.07. The van der Waals surface area contributed by atoms with E-state index in [9.17, 15) is 13.2 Å². The SMILES string of the molecule is FC(F)(F)CC1NC=C2NCN=C2N1. The van der Waals surface area contributed by atoms with Crippen LogP contribution in [0.25, 0.3) is 0 Å². The zero-order chi connectivity index (χ0) is 10.2. The van der Waals surface area contributed by atoms with Crippen LogP contribution in [-0.4, -0.2) is 24.8 Å². The van der Waals surface area contributed by atoms with E-state index in [4.69, 9.17) is 0 Å². The van der Waals surface area contributed by atoms with Gasteiger partial charge in [-0.2, -0.15) is 13.2 Å². The first-order chi connectivity index (χ1) is 6.54. The molecule has 0 fully saturated rings. The van der Waals surface area contributed by atoms with E-state index in [1.165, 1.54) is 6.20 Å². The molecule has 4 nitrogen and oxygen atoms in total. The Hall–Kier alpha value is -1.40. The lowest BCUT2D eigenvalue weighted by atomic mass is 10.2. The minimum Gasteiger partial charge on any atom is -0.369 e. The van der Waals surface area contributed by atoms with Crippen molar-refractivity contribution >= 4 is 5.84 Å². The largest absolute Gasteiger partial charge is 0.392 e. The van der Waals surface area contributed by atoms with E-state index < -0.39 is 18.8 Å². The Balaban J connectivity index is 2.00. The van der Waals surface area contributed by atoms with Crippen LogP contribution in [0.4, 0.5) is 13.2 Å². The van der Waals surface area contributed by atoms with E-state index >= 15 is 0 Å². The molecule has 3 N–H and O–H groups in total. The topological polar surface area (TPSA) is 48.5 Å². The maximum Gasteiger partial charge on any atom is 0.392 e. The predicted octanol–water partition coefficient (Wildman–Crippen LogP) is 0.258.